The Morgan fingerprint density at radius 1 is 1.21 bits per heavy atom. The first-order valence-corrected chi connectivity index (χ1v) is 7.34. The molecule has 1 N–H and O–H groups in total. The number of hydrogen-bond donors (Lipinski definition) is 1. The van der Waals surface area contributed by atoms with Gasteiger partial charge >= 0.3 is 0 Å². The van der Waals surface area contributed by atoms with Crippen LogP contribution in [0.15, 0.2) is 65.1 Å². The average Bonchev–Trinajstić information content (AvgIpc) is 2.91. The van der Waals surface area contributed by atoms with Gasteiger partial charge in [-0.1, -0.05) is 18.2 Å². The maximum atomic E-state index is 12.5. The monoisotopic (exact) mass is 321 g/mol. The van der Waals surface area contributed by atoms with Gasteiger partial charge in [-0.25, -0.2) is 5.43 Å². The predicted octanol–water partition coefficient (Wildman–Crippen LogP) is 1.84. The van der Waals surface area contributed by atoms with Crippen LogP contribution in [-0.4, -0.2) is 28.7 Å². The van der Waals surface area contributed by atoms with E-state index in [9.17, 15) is 9.59 Å². The van der Waals surface area contributed by atoms with Crippen molar-refractivity contribution in [1.82, 2.24) is 10.4 Å². The Bertz CT molecular complexity index is 802. The maximum Gasteiger partial charge on any atom is 0.271 e. The molecular weight excluding hydrogens is 306 g/mol. The minimum absolute atomic E-state index is 0.208. The van der Waals surface area contributed by atoms with Crippen molar-refractivity contribution in [2.24, 2.45) is 16.1 Å². The molecule has 0 spiro atoms. The zero-order valence-corrected chi connectivity index (χ0v) is 13.0. The molecule has 24 heavy (non-hydrogen) atoms. The third-order valence-electron chi connectivity index (χ3n) is 3.52. The molecule has 1 aliphatic heterocycles. The molecule has 7 heteroatoms. The Morgan fingerprint density at radius 2 is 1.92 bits per heavy atom. The number of amides is 2. The lowest BCUT2D eigenvalue weighted by Crippen LogP contribution is -2.29. The van der Waals surface area contributed by atoms with Crippen LogP contribution < -0.4 is 10.4 Å². The molecule has 0 aliphatic carbocycles. The highest BCUT2D eigenvalue weighted by atomic mass is 16.2. The summed E-state index contributed by atoms with van der Waals surface area (Å²) in [6.45, 7) is 1.75. The number of carbonyl (C=O) groups is 2. The van der Waals surface area contributed by atoms with Crippen LogP contribution in [0.5, 0.6) is 0 Å². The van der Waals surface area contributed by atoms with Crippen LogP contribution in [0, 0.1) is 5.92 Å². The Balaban J connectivity index is 1.67. The SMILES string of the molecule is CC1=NN(c2ccccc2)C(=O)C1/C=N/NC(=O)c1ccncc1. The van der Waals surface area contributed by atoms with Crippen LogP contribution in [0.1, 0.15) is 17.3 Å². The van der Waals surface area contributed by atoms with Gasteiger partial charge in [-0.2, -0.15) is 15.2 Å². The van der Waals surface area contributed by atoms with Crippen LogP contribution in [0.25, 0.3) is 0 Å². The second kappa shape index (κ2) is 6.82. The number of pyridine rings is 1. The van der Waals surface area contributed by atoms with Crippen molar-refractivity contribution < 1.29 is 9.59 Å². The molecule has 0 saturated heterocycles. The zero-order chi connectivity index (χ0) is 16.9. The quantitative estimate of drug-likeness (QED) is 0.688. The first-order valence-electron chi connectivity index (χ1n) is 7.34. The van der Waals surface area contributed by atoms with Crippen LogP contribution in [0.2, 0.25) is 0 Å². The molecule has 0 radical (unpaired) electrons. The third kappa shape index (κ3) is 3.19. The van der Waals surface area contributed by atoms with Crippen molar-refractivity contribution in [1.29, 1.82) is 0 Å². The van der Waals surface area contributed by atoms with E-state index in [4.69, 9.17) is 0 Å². The van der Waals surface area contributed by atoms with E-state index in [2.05, 4.69) is 20.6 Å². The summed E-state index contributed by atoms with van der Waals surface area (Å²) in [6, 6.07) is 12.3. The Kier molecular flexibility index (Phi) is 4.42. The lowest BCUT2D eigenvalue weighted by Gasteiger charge is -2.12. The number of para-hydroxylation sites is 1. The van der Waals surface area contributed by atoms with E-state index >= 15 is 0 Å². The summed E-state index contributed by atoms with van der Waals surface area (Å²) >= 11 is 0. The molecule has 7 nitrogen and oxygen atoms in total. The smallest absolute Gasteiger partial charge is 0.271 e. The largest absolute Gasteiger partial charge is 0.271 e. The molecule has 1 atom stereocenters. The highest BCUT2D eigenvalue weighted by Gasteiger charge is 2.33. The van der Waals surface area contributed by atoms with Gasteiger partial charge in [-0.15, -0.1) is 0 Å². The number of nitrogens with one attached hydrogen (secondary N) is 1. The highest BCUT2D eigenvalue weighted by Crippen LogP contribution is 2.22. The molecule has 2 aromatic rings. The summed E-state index contributed by atoms with van der Waals surface area (Å²) in [5, 5.41) is 9.49. The van der Waals surface area contributed by atoms with Crippen LogP contribution in [0.4, 0.5) is 5.69 Å². The summed E-state index contributed by atoms with van der Waals surface area (Å²) in [5.74, 6) is -1.17. The first-order chi connectivity index (χ1) is 11.7. The van der Waals surface area contributed by atoms with Gasteiger partial charge in [0.2, 0.25) is 0 Å². The van der Waals surface area contributed by atoms with Crippen LogP contribution >= 0.6 is 0 Å². The molecule has 3 rings (SSSR count). The molecule has 1 aromatic carbocycles. The molecular formula is C17H15N5O2. The topological polar surface area (TPSA) is 87.0 Å². The summed E-state index contributed by atoms with van der Waals surface area (Å²) < 4.78 is 0. The number of hydrazone groups is 2. The number of benzene rings is 1. The van der Waals surface area contributed by atoms with E-state index in [-0.39, 0.29) is 11.8 Å². The molecule has 1 aromatic heterocycles. The number of aromatic nitrogens is 1. The zero-order valence-electron chi connectivity index (χ0n) is 13.0. The second-order valence-electron chi connectivity index (χ2n) is 5.16. The fraction of sp³-hybridized carbons (Fsp3) is 0.118. The van der Waals surface area contributed by atoms with Crippen molar-refractivity contribution in [2.45, 2.75) is 6.92 Å². The first kappa shape index (κ1) is 15.5. The van der Waals surface area contributed by atoms with Crippen molar-refractivity contribution in [3.8, 4) is 0 Å². The predicted molar refractivity (Wildman–Crippen MR) is 90.7 cm³/mol. The molecule has 1 unspecified atom stereocenters. The number of rotatable bonds is 4. The van der Waals surface area contributed by atoms with Crippen molar-refractivity contribution in [2.75, 3.05) is 5.01 Å². The van der Waals surface area contributed by atoms with Crippen molar-refractivity contribution in [3.05, 3.63) is 60.4 Å². The minimum atomic E-state index is -0.594. The van der Waals surface area contributed by atoms with Crippen molar-refractivity contribution in [3.63, 3.8) is 0 Å². The fourth-order valence-corrected chi connectivity index (χ4v) is 2.24. The van der Waals surface area contributed by atoms with Gasteiger partial charge in [0.05, 0.1) is 11.4 Å². The fourth-order valence-electron chi connectivity index (χ4n) is 2.24. The van der Waals surface area contributed by atoms with Gasteiger partial charge in [-0.3, -0.25) is 14.6 Å². The molecule has 0 saturated carbocycles. The average molecular weight is 321 g/mol. The van der Waals surface area contributed by atoms with Gasteiger partial charge in [0, 0.05) is 24.2 Å². The van der Waals surface area contributed by atoms with Gasteiger partial charge in [-0.05, 0) is 31.2 Å². The molecule has 120 valence electrons. The van der Waals surface area contributed by atoms with Gasteiger partial charge < -0.3 is 0 Å². The van der Waals surface area contributed by atoms with E-state index in [1.54, 1.807) is 31.2 Å². The summed E-state index contributed by atoms with van der Waals surface area (Å²) in [5.41, 5.74) is 4.15. The van der Waals surface area contributed by atoms with Gasteiger partial charge in [0.1, 0.15) is 5.92 Å². The highest BCUT2D eigenvalue weighted by molar-refractivity contribution is 6.23. The standard InChI is InChI=1S/C17H15N5O2/c1-12-15(11-19-20-16(23)13-7-9-18-10-8-13)17(24)22(21-12)14-5-3-2-4-6-14/h2-11,15H,1H3,(H,20,23)/b19-11+. The van der Waals surface area contributed by atoms with E-state index < -0.39 is 5.92 Å². The molecule has 0 fully saturated rings. The Labute approximate surface area is 138 Å². The van der Waals surface area contributed by atoms with Crippen LogP contribution in [-0.2, 0) is 4.79 Å². The normalized spacial score (nSPS) is 17.2. The molecule has 2 amide bonds. The van der Waals surface area contributed by atoms with Gasteiger partial charge in [0.15, 0.2) is 0 Å². The van der Waals surface area contributed by atoms with Gasteiger partial charge in [0.25, 0.3) is 11.8 Å². The summed E-state index contributed by atoms with van der Waals surface area (Å²) in [7, 11) is 0. The van der Waals surface area contributed by atoms with Crippen LogP contribution in [0.3, 0.4) is 0 Å². The lowest BCUT2D eigenvalue weighted by molar-refractivity contribution is -0.118. The van der Waals surface area contributed by atoms with E-state index in [1.165, 1.54) is 23.6 Å². The Hall–Kier alpha value is -3.35. The third-order valence-corrected chi connectivity index (χ3v) is 3.52. The van der Waals surface area contributed by atoms with E-state index in [1.807, 2.05) is 18.2 Å². The summed E-state index contributed by atoms with van der Waals surface area (Å²) in [6.07, 6.45) is 4.44. The maximum absolute atomic E-state index is 12.5. The minimum Gasteiger partial charge on any atom is -0.271 e. The lowest BCUT2D eigenvalue weighted by atomic mass is 10.1. The number of hydrogen-bond acceptors (Lipinski definition) is 5. The number of carbonyl (C=O) groups excluding carboxylic acids is 2. The number of anilines is 1. The molecule has 1 aliphatic rings. The molecule has 2 heterocycles. The van der Waals surface area contributed by atoms with E-state index in [0.717, 1.165) is 0 Å². The molecule has 0 bridgehead atoms. The van der Waals surface area contributed by atoms with Crippen molar-refractivity contribution >= 4 is 29.4 Å². The summed E-state index contributed by atoms with van der Waals surface area (Å²) in [4.78, 5) is 28.2. The second-order valence-corrected chi connectivity index (χ2v) is 5.16. The Morgan fingerprint density at radius 3 is 2.62 bits per heavy atom. The van der Waals surface area contributed by atoms with E-state index in [0.29, 0.717) is 17.0 Å². The number of nitrogens with zero attached hydrogens (tertiary/aromatic N) is 4.